The SMILES string of the molecule is C=CC(O)N1CC[C@H]([N+](=O)N(C)[C@H](C(=O)N[C@H]2C[C@@H]3CCCN(C3)c3ccc4c(c3)c(c(C3=C([C@H](C)OC)N=CCC3)n4CC)CC(C)(C)CO[N+](=O)[C@@H]3CCCN(N3)C2=O)C(C)C)C1. The van der Waals surface area contributed by atoms with Crippen molar-refractivity contribution in [3.63, 3.8) is 0 Å². The largest absolute Gasteiger partial charge is 0.375 e. The highest BCUT2D eigenvalue weighted by atomic mass is 16.8. The number of amides is 2. The molecule has 6 bridgehead atoms. The average Bonchev–Trinajstić information content (AvgIpc) is 3.92. The van der Waals surface area contributed by atoms with E-state index in [-0.39, 0.29) is 30.5 Å². The molecule has 3 N–H and O–H groups in total. The van der Waals surface area contributed by atoms with Crippen LogP contribution in [0.1, 0.15) is 104 Å². The lowest BCUT2D eigenvalue weighted by atomic mass is 9.83. The van der Waals surface area contributed by atoms with Gasteiger partial charge in [-0.05, 0) is 100 Å². The molecule has 5 aliphatic heterocycles. The number of benzene rings is 1. The molecule has 0 radical (unpaired) electrons. The normalized spacial score (nSPS) is 25.9. The number of hydrazine groups is 2. The van der Waals surface area contributed by atoms with Crippen LogP contribution < -0.4 is 15.6 Å². The molecular weight excluding hydrogens is 829 g/mol. The van der Waals surface area contributed by atoms with Gasteiger partial charge in [0, 0.05) is 86.5 Å². The molecule has 17 nitrogen and oxygen atoms in total. The number of aliphatic hydroxyl groups is 1. The molecule has 2 amide bonds. The second-order valence-corrected chi connectivity index (χ2v) is 19.9. The van der Waals surface area contributed by atoms with Crippen LogP contribution in [0.15, 0.2) is 41.5 Å². The summed E-state index contributed by atoms with van der Waals surface area (Å²) in [5, 5.41) is 17.5. The van der Waals surface area contributed by atoms with Crippen LogP contribution in [0.3, 0.4) is 0 Å². The number of allylic oxidation sites excluding steroid dienone is 1. The van der Waals surface area contributed by atoms with Crippen LogP contribution in [0.5, 0.6) is 0 Å². The number of carbonyl (C=O) groups excluding carboxylic acids is 2. The summed E-state index contributed by atoms with van der Waals surface area (Å²) in [6.45, 7) is 19.6. The molecule has 65 heavy (non-hydrogen) atoms. The van der Waals surface area contributed by atoms with Gasteiger partial charge in [0.25, 0.3) is 5.91 Å². The van der Waals surface area contributed by atoms with Crippen molar-refractivity contribution in [2.45, 2.75) is 142 Å². The molecule has 1 aromatic carbocycles. The van der Waals surface area contributed by atoms with Crippen LogP contribution in [-0.4, -0.2) is 143 Å². The Morgan fingerprint density at radius 2 is 1.95 bits per heavy atom. The number of nitrogens with zero attached hydrogens (tertiary/aromatic N) is 8. The lowest BCUT2D eigenvalue weighted by Gasteiger charge is -2.38. The molecule has 2 aromatic rings. The van der Waals surface area contributed by atoms with Crippen LogP contribution in [0.4, 0.5) is 5.69 Å². The summed E-state index contributed by atoms with van der Waals surface area (Å²) in [6, 6.07) is 4.49. The zero-order valence-electron chi connectivity index (χ0n) is 40.0. The number of aliphatic imine (C=N–C) groups is 1. The summed E-state index contributed by atoms with van der Waals surface area (Å²) in [7, 11) is 3.34. The van der Waals surface area contributed by atoms with Crippen LogP contribution in [0.25, 0.3) is 16.5 Å². The number of rotatable bonds is 12. The third-order valence-corrected chi connectivity index (χ3v) is 14.3. The minimum atomic E-state index is -0.928. The molecule has 3 saturated heterocycles. The number of aliphatic hydroxyl groups excluding tert-OH is 1. The molecule has 7 atom stereocenters. The third-order valence-electron chi connectivity index (χ3n) is 14.3. The van der Waals surface area contributed by atoms with Crippen LogP contribution in [0.2, 0.25) is 0 Å². The Bertz CT molecular complexity index is 2170. The smallest absolute Gasteiger partial charge is 0.326 e. The van der Waals surface area contributed by atoms with Gasteiger partial charge in [0.2, 0.25) is 16.9 Å². The van der Waals surface area contributed by atoms with E-state index in [1.165, 1.54) is 27.2 Å². The van der Waals surface area contributed by atoms with Gasteiger partial charge in [0.15, 0.2) is 12.6 Å². The van der Waals surface area contributed by atoms with Crippen LogP contribution >= 0.6 is 0 Å². The first-order valence-corrected chi connectivity index (χ1v) is 23.9. The minimum absolute atomic E-state index is 0.0528. The van der Waals surface area contributed by atoms with Gasteiger partial charge in [0.05, 0.1) is 40.9 Å². The van der Waals surface area contributed by atoms with E-state index >= 15 is 0 Å². The summed E-state index contributed by atoms with van der Waals surface area (Å²) in [5.41, 5.74) is 9.43. The first kappa shape index (κ1) is 48.2. The van der Waals surface area contributed by atoms with Crippen molar-refractivity contribution in [1.29, 1.82) is 0 Å². The number of hydrogen-bond donors (Lipinski definition) is 3. The Labute approximate surface area is 384 Å². The highest BCUT2D eigenvalue weighted by molar-refractivity contribution is 5.94. The fraction of sp³-hybridized carbons (Fsp3) is 0.688. The van der Waals surface area contributed by atoms with Crippen molar-refractivity contribution in [2.75, 3.05) is 58.4 Å². The lowest BCUT2D eigenvalue weighted by Crippen LogP contribution is -2.62. The Balaban J connectivity index is 1.24. The van der Waals surface area contributed by atoms with E-state index in [2.05, 4.69) is 65.8 Å². The van der Waals surface area contributed by atoms with E-state index in [1.807, 2.05) is 27.0 Å². The molecule has 7 rings (SSSR count). The monoisotopic (exact) mass is 903 g/mol. The van der Waals surface area contributed by atoms with Crippen molar-refractivity contribution >= 4 is 40.2 Å². The van der Waals surface area contributed by atoms with Crippen LogP contribution in [-0.2, 0) is 32.1 Å². The number of ether oxygens (including phenoxy) is 1. The predicted molar refractivity (Wildman–Crippen MR) is 251 cm³/mol. The number of aryl methyl sites for hydroxylation is 1. The number of carbonyl (C=O) groups is 2. The van der Waals surface area contributed by atoms with Gasteiger partial charge in [-0.2, -0.15) is 5.43 Å². The van der Waals surface area contributed by atoms with Gasteiger partial charge in [-0.25, -0.2) is 4.84 Å². The summed E-state index contributed by atoms with van der Waals surface area (Å²) >= 11 is 0. The first-order chi connectivity index (χ1) is 31.0. The van der Waals surface area contributed by atoms with Crippen molar-refractivity contribution < 1.29 is 34.1 Å². The van der Waals surface area contributed by atoms with Crippen LogP contribution in [0, 0.1) is 27.1 Å². The maximum atomic E-state index is 14.7. The maximum absolute atomic E-state index is 14.7. The number of aromatic nitrogens is 1. The predicted octanol–water partition coefficient (Wildman–Crippen LogP) is 5.34. The molecule has 6 heterocycles. The standard InChI is InChI=1S/C48H73N10O7/c1-10-42(59)54-24-20-35(29-54)57(62)52(8)44(31(3)4)46(60)50-39-25-33-15-13-22-53(28-33)34-18-19-40-37(26-34)38(45(55(40)11-2)36-16-12-21-49-43(36)32(5)64-9)27-48(6,7)30-65-58(63)41-17-14-23-56(51-41)47(39)61/h10,18-19,21,26,31-33,35,39,41-42,44,51,59H,1,11-17,20,22-25,27-30H2,2-9H3/q+1/p+1/t32-,33-,35-,39-,41+,42?,44-/m0/s1. The van der Waals surface area contributed by atoms with Crippen molar-refractivity contribution in [3.05, 3.63) is 57.6 Å². The topological polar surface area (TPSA) is 167 Å². The number of nitrogens with one attached hydrogen (secondary N) is 2. The number of methoxy groups -OCH3 is 1. The second-order valence-electron chi connectivity index (χ2n) is 19.9. The number of anilines is 1. The van der Waals surface area contributed by atoms with Gasteiger partial charge < -0.3 is 24.6 Å². The molecule has 5 aliphatic rings. The van der Waals surface area contributed by atoms with E-state index in [9.17, 15) is 24.5 Å². The van der Waals surface area contributed by atoms with Crippen molar-refractivity contribution in [1.82, 2.24) is 30.2 Å². The van der Waals surface area contributed by atoms with Gasteiger partial charge >= 0.3 is 6.17 Å². The van der Waals surface area contributed by atoms with Gasteiger partial charge in [0.1, 0.15) is 17.1 Å². The van der Waals surface area contributed by atoms with E-state index in [1.54, 1.807) is 19.1 Å². The Kier molecular flexibility index (Phi) is 15.2. The molecule has 356 valence electrons. The number of likely N-dealkylation sites (tertiary alicyclic amines) is 1. The van der Waals surface area contributed by atoms with Crippen molar-refractivity contribution in [2.24, 2.45) is 22.2 Å². The second kappa shape index (κ2) is 20.4. The summed E-state index contributed by atoms with van der Waals surface area (Å²) in [5.74, 6) is -0.970. The molecule has 17 heteroatoms. The van der Waals surface area contributed by atoms with E-state index in [4.69, 9.17) is 14.6 Å². The zero-order valence-corrected chi connectivity index (χ0v) is 40.0. The highest BCUT2D eigenvalue weighted by Gasteiger charge is 2.46. The first-order valence-electron chi connectivity index (χ1n) is 23.9. The molecule has 0 saturated carbocycles. The Hall–Kier alpha value is -4.71. The minimum Gasteiger partial charge on any atom is -0.375 e. The number of likely N-dealkylation sites (N-methyl/N-ethyl adjacent to an activating group) is 1. The molecular formula is C48H74N10O7+2. The van der Waals surface area contributed by atoms with E-state index in [0.717, 1.165) is 71.6 Å². The molecule has 3 fully saturated rings. The van der Waals surface area contributed by atoms with Crippen molar-refractivity contribution in [3.8, 4) is 0 Å². The van der Waals surface area contributed by atoms with Gasteiger partial charge in [-0.3, -0.25) is 24.5 Å². The van der Waals surface area contributed by atoms with E-state index < -0.39 is 41.8 Å². The fourth-order valence-corrected chi connectivity index (χ4v) is 10.8. The number of piperidine rings is 1. The van der Waals surface area contributed by atoms with Gasteiger partial charge in [-0.15, -0.1) is 5.01 Å². The van der Waals surface area contributed by atoms with E-state index in [0.29, 0.717) is 63.2 Å². The molecule has 0 spiro atoms. The van der Waals surface area contributed by atoms with Gasteiger partial charge in [-0.1, -0.05) is 34.3 Å². The lowest BCUT2D eigenvalue weighted by molar-refractivity contribution is -0.835. The molecule has 0 aliphatic carbocycles. The third kappa shape index (κ3) is 10.3. The number of nitroso groups, excluding NO2 is 1. The molecule has 1 aromatic heterocycles. The highest BCUT2D eigenvalue weighted by Crippen LogP contribution is 2.42. The molecule has 1 unspecified atom stereocenters. The number of fused-ring (bicyclic) bond motifs is 6. The average molecular weight is 903 g/mol. The summed E-state index contributed by atoms with van der Waals surface area (Å²) in [6.07, 6.45) is 7.60. The summed E-state index contributed by atoms with van der Waals surface area (Å²) < 4.78 is 8.28. The maximum Gasteiger partial charge on any atom is 0.326 e. The zero-order chi connectivity index (χ0) is 46.7. The number of hydrogen-bond acceptors (Lipinski definition) is 11. The quantitative estimate of drug-likeness (QED) is 0.143. The Morgan fingerprint density at radius 1 is 1.18 bits per heavy atom. The summed E-state index contributed by atoms with van der Waals surface area (Å²) in [4.78, 5) is 73.6. The fourth-order valence-electron chi connectivity index (χ4n) is 10.8. The Morgan fingerprint density at radius 3 is 2.68 bits per heavy atom.